The van der Waals surface area contributed by atoms with Crippen LogP contribution in [0.3, 0.4) is 0 Å². The number of hydrogen-bond acceptors (Lipinski definition) is 6. The zero-order chi connectivity index (χ0) is 18.0. The number of fused-ring (bicyclic) bond motifs is 1. The van der Waals surface area contributed by atoms with E-state index < -0.39 is 36.2 Å². The van der Waals surface area contributed by atoms with Gasteiger partial charge in [0.1, 0.15) is 18.3 Å². The Balaban J connectivity index is 1.53. The van der Waals surface area contributed by atoms with E-state index in [4.69, 9.17) is 14.2 Å². The van der Waals surface area contributed by atoms with E-state index in [9.17, 15) is 14.7 Å². The van der Waals surface area contributed by atoms with E-state index in [1.807, 2.05) is 0 Å². The fourth-order valence-corrected chi connectivity index (χ4v) is 3.01. The van der Waals surface area contributed by atoms with E-state index in [0.717, 1.165) is 0 Å². The van der Waals surface area contributed by atoms with Gasteiger partial charge in [-0.3, -0.25) is 9.59 Å². The molecule has 2 saturated heterocycles. The molecular formula is C17H22N2O6. The molecule has 0 spiro atoms. The number of ether oxygens (including phenoxy) is 3. The largest absolute Gasteiger partial charge is 0.394 e. The van der Waals surface area contributed by atoms with Gasteiger partial charge in [0.25, 0.3) is 5.91 Å². The quantitative estimate of drug-likeness (QED) is 0.677. The van der Waals surface area contributed by atoms with Gasteiger partial charge >= 0.3 is 0 Å². The van der Waals surface area contributed by atoms with Crippen LogP contribution in [0.25, 0.3) is 0 Å². The molecule has 1 aromatic carbocycles. The van der Waals surface area contributed by atoms with Crippen molar-refractivity contribution in [3.05, 3.63) is 35.9 Å². The van der Waals surface area contributed by atoms with Crippen LogP contribution < -0.4 is 10.6 Å². The molecule has 0 unspecified atom stereocenters. The molecule has 8 nitrogen and oxygen atoms in total. The molecule has 2 amide bonds. The number of nitrogens with one attached hydrogen (secondary N) is 2. The molecule has 0 aromatic heterocycles. The SMILES string of the molecule is CC1(C)O[C@@H]2[C@H](O1)[C@@H](CO)O[C@@H]2NC(=O)CNC(=O)c1ccccc1. The molecule has 3 N–H and O–H groups in total. The van der Waals surface area contributed by atoms with Gasteiger partial charge in [-0.25, -0.2) is 0 Å². The highest BCUT2D eigenvalue weighted by atomic mass is 16.8. The average Bonchev–Trinajstić information content (AvgIpc) is 3.07. The topological polar surface area (TPSA) is 106 Å². The van der Waals surface area contributed by atoms with E-state index >= 15 is 0 Å². The van der Waals surface area contributed by atoms with Crippen molar-refractivity contribution in [2.24, 2.45) is 0 Å². The molecule has 136 valence electrons. The Kier molecular flexibility index (Phi) is 5.05. The Morgan fingerprint density at radius 1 is 1.16 bits per heavy atom. The molecule has 25 heavy (non-hydrogen) atoms. The van der Waals surface area contributed by atoms with Crippen molar-refractivity contribution in [2.75, 3.05) is 13.2 Å². The minimum absolute atomic E-state index is 0.195. The van der Waals surface area contributed by atoms with E-state index in [-0.39, 0.29) is 19.1 Å². The maximum absolute atomic E-state index is 12.1. The third-order valence-electron chi connectivity index (χ3n) is 4.08. The van der Waals surface area contributed by atoms with Crippen LogP contribution in [-0.2, 0) is 19.0 Å². The molecule has 0 radical (unpaired) electrons. The minimum atomic E-state index is -0.808. The Labute approximate surface area is 145 Å². The van der Waals surface area contributed by atoms with Crippen LogP contribution in [0.4, 0.5) is 0 Å². The fraction of sp³-hybridized carbons (Fsp3) is 0.529. The fourth-order valence-electron chi connectivity index (χ4n) is 3.01. The van der Waals surface area contributed by atoms with Crippen LogP contribution in [0.1, 0.15) is 24.2 Å². The summed E-state index contributed by atoms with van der Waals surface area (Å²) in [5.41, 5.74) is 0.474. The number of benzene rings is 1. The average molecular weight is 350 g/mol. The maximum Gasteiger partial charge on any atom is 0.251 e. The third kappa shape index (κ3) is 3.98. The van der Waals surface area contributed by atoms with E-state index in [0.29, 0.717) is 5.56 Å². The van der Waals surface area contributed by atoms with Crippen LogP contribution >= 0.6 is 0 Å². The summed E-state index contributed by atoms with van der Waals surface area (Å²) >= 11 is 0. The van der Waals surface area contributed by atoms with Crippen molar-refractivity contribution in [2.45, 2.75) is 44.2 Å². The number of rotatable bonds is 5. The van der Waals surface area contributed by atoms with Gasteiger partial charge in [0.15, 0.2) is 12.0 Å². The first-order chi connectivity index (χ1) is 11.9. The maximum atomic E-state index is 12.1. The molecule has 0 aliphatic carbocycles. The highest BCUT2D eigenvalue weighted by Crippen LogP contribution is 2.37. The van der Waals surface area contributed by atoms with Gasteiger partial charge < -0.3 is 30.0 Å². The van der Waals surface area contributed by atoms with Gasteiger partial charge in [0.2, 0.25) is 5.91 Å². The summed E-state index contributed by atoms with van der Waals surface area (Å²) in [6.07, 6.45) is -2.29. The number of amides is 2. The van der Waals surface area contributed by atoms with Crippen LogP contribution in [-0.4, -0.2) is 60.4 Å². The van der Waals surface area contributed by atoms with Gasteiger partial charge in [-0.1, -0.05) is 18.2 Å². The van der Waals surface area contributed by atoms with Gasteiger partial charge in [-0.2, -0.15) is 0 Å². The molecule has 4 atom stereocenters. The second-order valence-corrected chi connectivity index (χ2v) is 6.46. The van der Waals surface area contributed by atoms with Crippen LogP contribution in [0, 0.1) is 0 Å². The van der Waals surface area contributed by atoms with Crippen molar-refractivity contribution in [1.29, 1.82) is 0 Å². The first kappa shape index (κ1) is 17.8. The Hall–Kier alpha value is -2.00. The second kappa shape index (κ2) is 7.09. The minimum Gasteiger partial charge on any atom is -0.394 e. The van der Waals surface area contributed by atoms with Crippen LogP contribution in [0.5, 0.6) is 0 Å². The smallest absolute Gasteiger partial charge is 0.251 e. The second-order valence-electron chi connectivity index (χ2n) is 6.46. The first-order valence-electron chi connectivity index (χ1n) is 8.14. The number of hydrogen-bond donors (Lipinski definition) is 3. The van der Waals surface area contributed by atoms with Gasteiger partial charge in [0, 0.05) is 5.56 Å². The van der Waals surface area contributed by atoms with Crippen molar-refractivity contribution in [3.8, 4) is 0 Å². The predicted molar refractivity (Wildman–Crippen MR) is 86.5 cm³/mol. The summed E-state index contributed by atoms with van der Waals surface area (Å²) in [5, 5.41) is 14.6. The summed E-state index contributed by atoms with van der Waals surface area (Å²) in [7, 11) is 0. The predicted octanol–water partition coefficient (Wildman–Crippen LogP) is -0.230. The molecule has 2 fully saturated rings. The molecule has 0 bridgehead atoms. The molecule has 3 rings (SSSR count). The standard InChI is InChI=1S/C17H22N2O6/c1-17(2)24-13-11(9-20)23-16(14(13)25-17)19-12(21)8-18-15(22)10-6-4-3-5-7-10/h3-7,11,13-14,16,20H,8-9H2,1-2H3,(H,18,22)(H,19,21)/t11-,13-,14-,16+/m1/s1. The lowest BCUT2D eigenvalue weighted by atomic mass is 10.1. The molecule has 8 heteroatoms. The monoisotopic (exact) mass is 350 g/mol. The Morgan fingerprint density at radius 2 is 1.84 bits per heavy atom. The molecular weight excluding hydrogens is 328 g/mol. The summed E-state index contributed by atoms with van der Waals surface area (Å²) in [4.78, 5) is 24.1. The third-order valence-corrected chi connectivity index (χ3v) is 4.08. The number of carbonyl (C=O) groups excluding carboxylic acids is 2. The zero-order valence-electron chi connectivity index (χ0n) is 14.1. The lowest BCUT2D eigenvalue weighted by Crippen LogP contribution is -2.47. The highest BCUT2D eigenvalue weighted by Gasteiger charge is 2.55. The molecule has 1 aromatic rings. The lowest BCUT2D eigenvalue weighted by molar-refractivity contribution is -0.194. The first-order valence-corrected chi connectivity index (χ1v) is 8.14. The van der Waals surface area contributed by atoms with Crippen molar-refractivity contribution in [1.82, 2.24) is 10.6 Å². The number of aliphatic hydroxyl groups is 1. The van der Waals surface area contributed by atoms with Gasteiger partial charge in [-0.05, 0) is 26.0 Å². The van der Waals surface area contributed by atoms with E-state index in [1.54, 1.807) is 44.2 Å². The molecule has 2 aliphatic heterocycles. The normalized spacial score (nSPS) is 29.9. The molecule has 0 saturated carbocycles. The van der Waals surface area contributed by atoms with Crippen molar-refractivity contribution >= 4 is 11.8 Å². The molecule has 2 heterocycles. The van der Waals surface area contributed by atoms with Crippen LogP contribution in [0.15, 0.2) is 30.3 Å². The Morgan fingerprint density at radius 3 is 2.52 bits per heavy atom. The van der Waals surface area contributed by atoms with Crippen molar-refractivity contribution in [3.63, 3.8) is 0 Å². The molecule has 2 aliphatic rings. The van der Waals surface area contributed by atoms with Gasteiger partial charge in [-0.15, -0.1) is 0 Å². The highest BCUT2D eigenvalue weighted by molar-refractivity contribution is 5.96. The van der Waals surface area contributed by atoms with Crippen LogP contribution in [0.2, 0.25) is 0 Å². The number of aliphatic hydroxyl groups excluding tert-OH is 1. The summed E-state index contributed by atoms with van der Waals surface area (Å²) in [6.45, 7) is 3.09. The number of carbonyl (C=O) groups is 2. The summed E-state index contributed by atoms with van der Waals surface area (Å²) < 4.78 is 17.1. The summed E-state index contributed by atoms with van der Waals surface area (Å²) in [6, 6.07) is 8.62. The lowest BCUT2D eigenvalue weighted by Gasteiger charge is -2.24. The van der Waals surface area contributed by atoms with E-state index in [2.05, 4.69) is 10.6 Å². The zero-order valence-corrected chi connectivity index (χ0v) is 14.1. The Bertz CT molecular complexity index is 635. The summed E-state index contributed by atoms with van der Waals surface area (Å²) in [5.74, 6) is -1.56. The van der Waals surface area contributed by atoms with E-state index in [1.165, 1.54) is 0 Å². The van der Waals surface area contributed by atoms with Crippen molar-refractivity contribution < 1.29 is 28.9 Å². The van der Waals surface area contributed by atoms with Gasteiger partial charge in [0.05, 0.1) is 13.2 Å².